The normalized spacial score (nSPS) is 16.9. The average molecular weight is 552 g/mol. The van der Waals surface area contributed by atoms with Crippen LogP contribution >= 0.6 is 0 Å². The molecule has 4 aromatic rings. The second-order valence-electron chi connectivity index (χ2n) is 11.6. The fourth-order valence-electron chi connectivity index (χ4n) is 5.80. The van der Waals surface area contributed by atoms with Crippen LogP contribution < -0.4 is 19.5 Å². The summed E-state index contributed by atoms with van der Waals surface area (Å²) >= 11 is 0. The van der Waals surface area contributed by atoms with E-state index < -0.39 is 0 Å². The molecule has 4 aromatic carbocycles. The smallest absolute Gasteiger partial charge is 0.227 e. The second kappa shape index (κ2) is 11.9. The van der Waals surface area contributed by atoms with Crippen LogP contribution in [-0.4, -0.2) is 25.2 Å². The zero-order valence-corrected chi connectivity index (χ0v) is 25.1. The molecule has 1 N–H and O–H groups in total. The number of fused-ring (bicyclic) bond motifs is 2. The Morgan fingerprint density at radius 1 is 0.976 bits per heavy atom. The Labute approximate surface area is 243 Å². The van der Waals surface area contributed by atoms with Gasteiger partial charge in [-0.25, -0.2) is 0 Å². The Morgan fingerprint density at radius 3 is 2.46 bits per heavy atom. The minimum Gasteiger partial charge on any atom is -0.497 e. The molecule has 0 fully saturated rings. The zero-order valence-electron chi connectivity index (χ0n) is 25.1. The number of ether oxygens (including phenoxy) is 3. The van der Waals surface area contributed by atoms with Gasteiger partial charge in [0.1, 0.15) is 29.5 Å². The van der Waals surface area contributed by atoms with E-state index in [9.17, 15) is 4.79 Å². The highest BCUT2D eigenvalue weighted by Gasteiger charge is 2.34. The Bertz CT molecular complexity index is 1560. The van der Waals surface area contributed by atoms with E-state index in [1.807, 2.05) is 49.4 Å². The molecule has 1 amide bonds. The lowest BCUT2D eigenvalue weighted by Gasteiger charge is -2.38. The third-order valence-electron chi connectivity index (χ3n) is 8.71. The first-order valence-corrected chi connectivity index (χ1v) is 14.5. The van der Waals surface area contributed by atoms with Gasteiger partial charge in [0.05, 0.1) is 13.0 Å². The number of hydrogen-bond donors (Lipinski definition) is 1. The Hall–Kier alpha value is -3.99. The molecule has 0 radical (unpaired) electrons. The molecule has 0 saturated heterocycles. The van der Waals surface area contributed by atoms with Gasteiger partial charge in [-0.3, -0.25) is 4.79 Å². The highest BCUT2D eigenvalue weighted by Crippen LogP contribution is 2.44. The van der Waals surface area contributed by atoms with Gasteiger partial charge in [0.15, 0.2) is 0 Å². The molecule has 0 spiro atoms. The van der Waals surface area contributed by atoms with Gasteiger partial charge in [0.2, 0.25) is 5.91 Å². The summed E-state index contributed by atoms with van der Waals surface area (Å²) in [6.07, 6.45) is 2.56. The molecule has 1 aliphatic rings. The molecular formula is C36H41NO4. The maximum atomic E-state index is 13.1. The summed E-state index contributed by atoms with van der Waals surface area (Å²) in [5, 5.41) is 5.36. The van der Waals surface area contributed by atoms with Crippen LogP contribution in [-0.2, 0) is 17.8 Å². The molecule has 5 nitrogen and oxygen atoms in total. The lowest BCUT2D eigenvalue weighted by molar-refractivity contribution is -0.122. The molecule has 214 valence electrons. The molecule has 41 heavy (non-hydrogen) atoms. The van der Waals surface area contributed by atoms with Gasteiger partial charge < -0.3 is 19.5 Å². The summed E-state index contributed by atoms with van der Waals surface area (Å²) in [4.78, 5) is 13.1. The topological polar surface area (TPSA) is 56.8 Å². The first-order chi connectivity index (χ1) is 19.7. The molecule has 0 aromatic heterocycles. The number of carbonyl (C=O) groups is 1. The van der Waals surface area contributed by atoms with E-state index in [0.717, 1.165) is 75.1 Å². The lowest BCUT2D eigenvalue weighted by atomic mass is 9.85. The van der Waals surface area contributed by atoms with Crippen molar-refractivity contribution in [3.63, 3.8) is 0 Å². The van der Waals surface area contributed by atoms with Crippen LogP contribution in [0.15, 0.2) is 66.7 Å². The van der Waals surface area contributed by atoms with Crippen molar-refractivity contribution in [1.82, 2.24) is 5.32 Å². The number of methoxy groups -OCH3 is 1. The van der Waals surface area contributed by atoms with Gasteiger partial charge in [-0.05, 0) is 98.2 Å². The van der Waals surface area contributed by atoms with E-state index in [4.69, 9.17) is 14.2 Å². The van der Waals surface area contributed by atoms with Crippen molar-refractivity contribution in [1.29, 1.82) is 0 Å². The number of nitrogens with one attached hydrogen (secondary N) is 1. The van der Waals surface area contributed by atoms with Crippen molar-refractivity contribution in [2.45, 2.75) is 72.0 Å². The molecule has 0 aliphatic carbocycles. The van der Waals surface area contributed by atoms with Crippen molar-refractivity contribution >= 4 is 16.7 Å². The van der Waals surface area contributed by atoms with E-state index >= 15 is 0 Å². The minimum atomic E-state index is -0.346. The molecule has 1 aliphatic heterocycles. The summed E-state index contributed by atoms with van der Waals surface area (Å²) in [7, 11) is 1.67. The molecular weight excluding hydrogens is 510 g/mol. The van der Waals surface area contributed by atoms with Gasteiger partial charge in [0, 0.05) is 18.5 Å². The third kappa shape index (κ3) is 6.04. The highest BCUT2D eigenvalue weighted by molar-refractivity contribution is 5.88. The van der Waals surface area contributed by atoms with Crippen LogP contribution in [0.2, 0.25) is 0 Å². The van der Waals surface area contributed by atoms with E-state index in [2.05, 4.69) is 57.3 Å². The zero-order chi connectivity index (χ0) is 29.1. The van der Waals surface area contributed by atoms with Crippen molar-refractivity contribution in [3.8, 4) is 17.2 Å². The van der Waals surface area contributed by atoms with E-state index in [1.165, 1.54) is 5.56 Å². The van der Waals surface area contributed by atoms with Crippen LogP contribution in [0.3, 0.4) is 0 Å². The van der Waals surface area contributed by atoms with E-state index in [-0.39, 0.29) is 17.4 Å². The number of carbonyl (C=O) groups excluding carboxylic acids is 1. The fraction of sp³-hybridized carbons (Fsp3) is 0.361. The van der Waals surface area contributed by atoms with Gasteiger partial charge in [-0.1, -0.05) is 54.6 Å². The van der Waals surface area contributed by atoms with Crippen molar-refractivity contribution < 1.29 is 19.0 Å². The molecule has 2 atom stereocenters. The number of benzene rings is 4. The Balaban J connectivity index is 1.21. The molecule has 5 heteroatoms. The first kappa shape index (κ1) is 28.5. The fourth-order valence-corrected chi connectivity index (χ4v) is 5.80. The van der Waals surface area contributed by atoms with Crippen molar-refractivity contribution in [3.05, 3.63) is 100 Å². The van der Waals surface area contributed by atoms with E-state index in [1.54, 1.807) is 7.11 Å². The standard InChI is InChI=1S/C36H41NO4/c1-23-24(2)34-32(26(4)33(23)40-22-27-10-8-7-9-11-27)16-17-36(5,41-34)18-19-37-35(38)25(3)28-12-13-30-21-31(39-6)15-14-29(30)20-28/h7-15,20-21,25H,16-19,22H2,1-6H3,(H,37,38)/t25-,36?/m0/s1. The number of amides is 1. The van der Waals surface area contributed by atoms with Gasteiger partial charge in [-0.2, -0.15) is 0 Å². The van der Waals surface area contributed by atoms with Gasteiger partial charge >= 0.3 is 0 Å². The third-order valence-corrected chi connectivity index (χ3v) is 8.71. The van der Waals surface area contributed by atoms with Crippen molar-refractivity contribution in [2.24, 2.45) is 0 Å². The van der Waals surface area contributed by atoms with Crippen LogP contribution in [0.5, 0.6) is 17.2 Å². The molecule has 5 rings (SSSR count). The Kier molecular flexibility index (Phi) is 8.25. The SMILES string of the molecule is COc1ccc2cc([C@H](C)C(=O)NCCC3(C)CCc4c(C)c(OCc5ccccc5)c(C)c(C)c4O3)ccc2c1. The van der Waals surface area contributed by atoms with Crippen molar-refractivity contribution in [2.75, 3.05) is 13.7 Å². The van der Waals surface area contributed by atoms with Gasteiger partial charge in [-0.15, -0.1) is 0 Å². The largest absolute Gasteiger partial charge is 0.497 e. The summed E-state index contributed by atoms with van der Waals surface area (Å²) in [6.45, 7) is 11.6. The summed E-state index contributed by atoms with van der Waals surface area (Å²) in [5.41, 5.74) is 6.46. The van der Waals surface area contributed by atoms with Gasteiger partial charge in [0.25, 0.3) is 0 Å². The van der Waals surface area contributed by atoms with Crippen LogP contribution in [0.25, 0.3) is 10.8 Å². The Morgan fingerprint density at radius 2 is 1.71 bits per heavy atom. The number of rotatable bonds is 9. The van der Waals surface area contributed by atoms with Crippen LogP contribution in [0.1, 0.15) is 66.0 Å². The highest BCUT2D eigenvalue weighted by atomic mass is 16.5. The van der Waals surface area contributed by atoms with Crippen LogP contribution in [0.4, 0.5) is 0 Å². The maximum absolute atomic E-state index is 13.1. The molecule has 0 saturated carbocycles. The average Bonchev–Trinajstić information content (AvgIpc) is 2.99. The second-order valence-corrected chi connectivity index (χ2v) is 11.6. The molecule has 1 heterocycles. The monoisotopic (exact) mass is 551 g/mol. The quantitative estimate of drug-likeness (QED) is 0.231. The summed E-state index contributed by atoms with van der Waals surface area (Å²) in [5.74, 6) is 2.55. The summed E-state index contributed by atoms with van der Waals surface area (Å²) < 4.78 is 18.4. The summed E-state index contributed by atoms with van der Waals surface area (Å²) in [6, 6.07) is 22.4. The molecule has 1 unspecified atom stereocenters. The lowest BCUT2D eigenvalue weighted by Crippen LogP contribution is -2.41. The predicted molar refractivity (Wildman–Crippen MR) is 165 cm³/mol. The predicted octanol–water partition coefficient (Wildman–Crippen LogP) is 7.75. The minimum absolute atomic E-state index is 0.0285. The number of hydrogen-bond acceptors (Lipinski definition) is 4. The maximum Gasteiger partial charge on any atom is 0.227 e. The first-order valence-electron chi connectivity index (χ1n) is 14.5. The van der Waals surface area contributed by atoms with Crippen LogP contribution in [0, 0.1) is 20.8 Å². The van der Waals surface area contributed by atoms with E-state index in [0.29, 0.717) is 13.2 Å². The molecule has 0 bridgehead atoms.